The first-order valence-electron chi connectivity index (χ1n) is 4.34. The van der Waals surface area contributed by atoms with Crippen LogP contribution in [0.25, 0.3) is 0 Å². The highest BCUT2D eigenvalue weighted by atomic mass is 35.5. The van der Waals surface area contributed by atoms with Gasteiger partial charge in [0.25, 0.3) is 0 Å². The van der Waals surface area contributed by atoms with Gasteiger partial charge >= 0.3 is 0 Å². The molecule has 0 aliphatic rings. The lowest BCUT2D eigenvalue weighted by Crippen LogP contribution is -2.24. The highest BCUT2D eigenvalue weighted by Crippen LogP contribution is 2.28. The number of rotatable bonds is 3. The van der Waals surface area contributed by atoms with Gasteiger partial charge in [0.05, 0.1) is 19.3 Å². The van der Waals surface area contributed by atoms with Gasteiger partial charge in [-0.3, -0.25) is 0 Å². The number of aliphatic hydroxyl groups is 1. The van der Waals surface area contributed by atoms with Gasteiger partial charge in [0.1, 0.15) is 11.6 Å². The van der Waals surface area contributed by atoms with Crippen LogP contribution in [0, 0.1) is 5.82 Å². The molecule has 1 aromatic carbocycles. The van der Waals surface area contributed by atoms with E-state index in [4.69, 9.17) is 10.5 Å². The first kappa shape index (κ1) is 14.2. The molecule has 0 spiro atoms. The number of hydrogen-bond acceptors (Lipinski definition) is 3. The van der Waals surface area contributed by atoms with Crippen molar-refractivity contribution in [2.24, 2.45) is 5.73 Å². The fraction of sp³-hybridized carbons (Fsp3) is 0.400. The second kappa shape index (κ2) is 5.90. The zero-order valence-electron chi connectivity index (χ0n) is 8.61. The van der Waals surface area contributed by atoms with Crippen molar-refractivity contribution >= 4 is 12.4 Å². The quantitative estimate of drug-likeness (QED) is 0.838. The summed E-state index contributed by atoms with van der Waals surface area (Å²) < 4.78 is 18.3. The van der Waals surface area contributed by atoms with E-state index in [-0.39, 0.29) is 18.0 Å². The molecule has 0 fully saturated rings. The van der Waals surface area contributed by atoms with Gasteiger partial charge in [-0.1, -0.05) is 6.07 Å². The van der Waals surface area contributed by atoms with Crippen molar-refractivity contribution in [1.29, 1.82) is 0 Å². The summed E-state index contributed by atoms with van der Waals surface area (Å²) in [5.74, 6) is -0.101. The van der Waals surface area contributed by atoms with Gasteiger partial charge in [-0.2, -0.15) is 0 Å². The third kappa shape index (κ3) is 3.06. The molecule has 3 nitrogen and oxygen atoms in total. The van der Waals surface area contributed by atoms with Crippen LogP contribution < -0.4 is 10.5 Å². The molecule has 0 unspecified atom stereocenters. The largest absolute Gasteiger partial charge is 0.496 e. The summed E-state index contributed by atoms with van der Waals surface area (Å²) in [6, 6.07) is 3.67. The summed E-state index contributed by atoms with van der Waals surface area (Å²) in [6.07, 6.45) is -0.819. The van der Waals surface area contributed by atoms with Crippen LogP contribution in [0.3, 0.4) is 0 Å². The highest BCUT2D eigenvalue weighted by Gasteiger charge is 2.20. The summed E-state index contributed by atoms with van der Waals surface area (Å²) in [4.78, 5) is 0. The molecule has 0 bridgehead atoms. The maximum Gasteiger partial charge on any atom is 0.131 e. The molecule has 0 amide bonds. The Kier molecular flexibility index (Phi) is 5.57. The monoisotopic (exact) mass is 235 g/mol. The molecule has 0 aliphatic carbocycles. The Balaban J connectivity index is 0.00000196. The number of aliphatic hydroxyl groups excluding tert-OH is 1. The summed E-state index contributed by atoms with van der Waals surface area (Å²) >= 11 is 0. The van der Waals surface area contributed by atoms with Gasteiger partial charge in [0.2, 0.25) is 0 Å². The number of benzene rings is 1. The molecule has 3 N–H and O–H groups in total. The highest BCUT2D eigenvalue weighted by molar-refractivity contribution is 5.85. The molecular formula is C10H15ClFNO2. The third-order valence-electron chi connectivity index (χ3n) is 2.09. The first-order chi connectivity index (χ1) is 6.57. The van der Waals surface area contributed by atoms with E-state index in [0.29, 0.717) is 5.75 Å². The third-order valence-corrected chi connectivity index (χ3v) is 2.09. The van der Waals surface area contributed by atoms with Crippen molar-refractivity contribution in [2.75, 3.05) is 7.11 Å². The van der Waals surface area contributed by atoms with Crippen LogP contribution in [0.4, 0.5) is 4.39 Å². The molecule has 0 radical (unpaired) electrons. The van der Waals surface area contributed by atoms with E-state index in [1.807, 2.05) is 0 Å². The first-order valence-corrected chi connectivity index (χ1v) is 4.34. The lowest BCUT2D eigenvalue weighted by Gasteiger charge is -2.18. The maximum atomic E-state index is 13.4. The Morgan fingerprint density at radius 1 is 1.47 bits per heavy atom. The predicted octanol–water partition coefficient (Wildman–Crippen LogP) is 1.64. The minimum absolute atomic E-state index is 0. The summed E-state index contributed by atoms with van der Waals surface area (Å²) in [5.41, 5.74) is 5.86. The standard InChI is InChI=1S/C10H14FNO2.ClH/c1-6(13)10(12)9-7(11)4-3-5-8(9)14-2;/h3-6,10,13H,12H2,1-2H3;1H/t6-,10-;/m1./s1. The summed E-state index contributed by atoms with van der Waals surface area (Å²) in [7, 11) is 1.44. The summed E-state index contributed by atoms with van der Waals surface area (Å²) in [5, 5.41) is 9.27. The molecule has 0 aliphatic heterocycles. The zero-order chi connectivity index (χ0) is 10.7. The molecule has 5 heteroatoms. The van der Waals surface area contributed by atoms with Gasteiger partial charge in [-0.25, -0.2) is 4.39 Å². The number of ether oxygens (including phenoxy) is 1. The zero-order valence-corrected chi connectivity index (χ0v) is 9.42. The molecule has 15 heavy (non-hydrogen) atoms. The molecule has 1 aromatic rings. The maximum absolute atomic E-state index is 13.4. The van der Waals surface area contributed by atoms with Crippen LogP contribution in [0.1, 0.15) is 18.5 Å². The lowest BCUT2D eigenvalue weighted by molar-refractivity contribution is 0.160. The topological polar surface area (TPSA) is 55.5 Å². The Morgan fingerprint density at radius 2 is 2.07 bits per heavy atom. The average Bonchev–Trinajstić information content (AvgIpc) is 2.16. The van der Waals surface area contributed by atoms with Crippen molar-refractivity contribution in [1.82, 2.24) is 0 Å². The fourth-order valence-electron chi connectivity index (χ4n) is 1.26. The molecule has 0 saturated carbocycles. The normalized spacial score (nSPS) is 13.9. The minimum Gasteiger partial charge on any atom is -0.496 e. The van der Waals surface area contributed by atoms with Gasteiger partial charge in [-0.15, -0.1) is 12.4 Å². The van der Waals surface area contributed by atoms with Crippen molar-refractivity contribution in [3.8, 4) is 5.75 Å². The molecule has 2 atom stereocenters. The molecule has 0 aromatic heterocycles. The van der Waals surface area contributed by atoms with Crippen LogP contribution >= 0.6 is 12.4 Å². The number of methoxy groups -OCH3 is 1. The van der Waals surface area contributed by atoms with Crippen molar-refractivity contribution < 1.29 is 14.2 Å². The smallest absolute Gasteiger partial charge is 0.131 e. The molecular weight excluding hydrogens is 221 g/mol. The van der Waals surface area contributed by atoms with E-state index >= 15 is 0 Å². The molecule has 0 heterocycles. The second-order valence-corrected chi connectivity index (χ2v) is 3.12. The van der Waals surface area contributed by atoms with Crippen LogP contribution in [-0.4, -0.2) is 18.3 Å². The van der Waals surface area contributed by atoms with E-state index in [9.17, 15) is 9.50 Å². The van der Waals surface area contributed by atoms with Crippen molar-refractivity contribution in [3.05, 3.63) is 29.6 Å². The van der Waals surface area contributed by atoms with E-state index in [1.54, 1.807) is 6.07 Å². The van der Waals surface area contributed by atoms with E-state index < -0.39 is 18.0 Å². The summed E-state index contributed by atoms with van der Waals surface area (Å²) in [6.45, 7) is 1.51. The van der Waals surface area contributed by atoms with E-state index in [1.165, 1.54) is 26.2 Å². The van der Waals surface area contributed by atoms with E-state index in [2.05, 4.69) is 0 Å². The number of halogens is 2. The van der Waals surface area contributed by atoms with Gasteiger partial charge in [0.15, 0.2) is 0 Å². The number of nitrogens with two attached hydrogens (primary N) is 1. The molecule has 86 valence electrons. The van der Waals surface area contributed by atoms with Crippen LogP contribution in [0.2, 0.25) is 0 Å². The SMILES string of the molecule is COc1cccc(F)c1[C@H](N)[C@@H](C)O.Cl. The average molecular weight is 236 g/mol. The lowest BCUT2D eigenvalue weighted by atomic mass is 10.0. The van der Waals surface area contributed by atoms with Crippen LogP contribution in [-0.2, 0) is 0 Å². The van der Waals surface area contributed by atoms with Crippen LogP contribution in [0.5, 0.6) is 5.75 Å². The minimum atomic E-state index is -0.819. The second-order valence-electron chi connectivity index (χ2n) is 3.12. The van der Waals surface area contributed by atoms with Crippen molar-refractivity contribution in [2.45, 2.75) is 19.1 Å². The Morgan fingerprint density at radius 3 is 2.53 bits per heavy atom. The Bertz CT molecular complexity index is 320. The number of hydrogen-bond donors (Lipinski definition) is 2. The van der Waals surface area contributed by atoms with Gasteiger partial charge in [0, 0.05) is 5.56 Å². The Hall–Kier alpha value is -0.840. The Labute approximate surface area is 94.5 Å². The molecule has 0 saturated heterocycles. The van der Waals surface area contributed by atoms with E-state index in [0.717, 1.165) is 0 Å². The molecule has 1 rings (SSSR count). The van der Waals surface area contributed by atoms with Crippen molar-refractivity contribution in [3.63, 3.8) is 0 Å². The predicted molar refractivity (Wildman–Crippen MR) is 58.8 cm³/mol. The van der Waals surface area contributed by atoms with Gasteiger partial charge < -0.3 is 15.6 Å². The van der Waals surface area contributed by atoms with Gasteiger partial charge in [-0.05, 0) is 19.1 Å². The van der Waals surface area contributed by atoms with Crippen LogP contribution in [0.15, 0.2) is 18.2 Å². The fourth-order valence-corrected chi connectivity index (χ4v) is 1.26.